The van der Waals surface area contributed by atoms with E-state index in [1.54, 1.807) is 0 Å². The lowest BCUT2D eigenvalue weighted by molar-refractivity contribution is 0.0349. The summed E-state index contributed by atoms with van der Waals surface area (Å²) in [5, 5.41) is 1.16. The molecular formula is C26H25NO. The number of rotatable bonds is 7. The number of hydrogen-bond donors (Lipinski definition) is 0. The number of aryl methyl sites for hydroxylation is 2. The van der Waals surface area contributed by atoms with Gasteiger partial charge < -0.3 is 4.74 Å². The third kappa shape index (κ3) is 4.47. The fraction of sp³-hybridized carbons (Fsp3) is 0.192. The van der Waals surface area contributed by atoms with Gasteiger partial charge in [-0.1, -0.05) is 84.9 Å². The Morgan fingerprint density at radius 3 is 2.21 bits per heavy atom. The molecule has 140 valence electrons. The largest absolute Gasteiger partial charge is 0.369 e. The van der Waals surface area contributed by atoms with Gasteiger partial charge in [0.05, 0.1) is 18.2 Å². The number of ether oxygens (including phenoxy) is 1. The zero-order valence-electron chi connectivity index (χ0n) is 16.2. The second-order valence-electron chi connectivity index (χ2n) is 7.18. The Labute approximate surface area is 166 Å². The van der Waals surface area contributed by atoms with Gasteiger partial charge in [-0.2, -0.15) is 0 Å². The maximum atomic E-state index is 6.44. The van der Waals surface area contributed by atoms with Crippen LogP contribution in [-0.4, -0.2) is 4.98 Å². The summed E-state index contributed by atoms with van der Waals surface area (Å²) in [6.45, 7) is 2.64. The van der Waals surface area contributed by atoms with Crippen molar-refractivity contribution in [2.24, 2.45) is 0 Å². The highest BCUT2D eigenvalue weighted by molar-refractivity contribution is 5.82. The minimum atomic E-state index is -0.00147. The smallest absolute Gasteiger partial charge is 0.0853 e. The maximum Gasteiger partial charge on any atom is 0.0853 e. The normalized spacial score (nSPS) is 12.2. The predicted octanol–water partition coefficient (Wildman–Crippen LogP) is 6.43. The highest BCUT2D eigenvalue weighted by atomic mass is 16.5. The molecule has 28 heavy (non-hydrogen) atoms. The van der Waals surface area contributed by atoms with Crippen LogP contribution in [0.3, 0.4) is 0 Å². The van der Waals surface area contributed by atoms with Crippen molar-refractivity contribution >= 4 is 10.9 Å². The quantitative estimate of drug-likeness (QED) is 0.375. The second kappa shape index (κ2) is 8.81. The van der Waals surface area contributed by atoms with E-state index >= 15 is 0 Å². The second-order valence-corrected chi connectivity index (χ2v) is 7.18. The molecule has 1 atom stereocenters. The molecule has 0 saturated heterocycles. The van der Waals surface area contributed by atoms with Crippen LogP contribution >= 0.6 is 0 Å². The summed E-state index contributed by atoms with van der Waals surface area (Å²) in [6, 6.07) is 31.6. The van der Waals surface area contributed by atoms with Crippen molar-refractivity contribution in [3.05, 3.63) is 113 Å². The SMILES string of the molecule is Cc1ccc2cccc(C(CCc3ccccc3)OCc3ccccc3)c2n1. The number of aromatic nitrogens is 1. The van der Waals surface area contributed by atoms with Gasteiger partial charge in [-0.05, 0) is 37.0 Å². The number of fused-ring (bicyclic) bond motifs is 1. The molecule has 2 nitrogen and oxygen atoms in total. The summed E-state index contributed by atoms with van der Waals surface area (Å²) in [7, 11) is 0. The molecule has 3 aromatic carbocycles. The lowest BCUT2D eigenvalue weighted by atomic mass is 9.98. The van der Waals surface area contributed by atoms with Crippen molar-refractivity contribution in [3.63, 3.8) is 0 Å². The Morgan fingerprint density at radius 1 is 0.750 bits per heavy atom. The first kappa shape index (κ1) is 18.4. The standard InChI is InChI=1S/C26H25NO/c1-20-15-17-23-13-8-14-24(26(23)27-20)25(18-16-21-9-4-2-5-10-21)28-19-22-11-6-3-7-12-22/h2-15,17,25H,16,18-19H2,1H3. The lowest BCUT2D eigenvalue weighted by Crippen LogP contribution is -2.08. The van der Waals surface area contributed by atoms with Crippen LogP contribution in [0.4, 0.5) is 0 Å². The van der Waals surface area contributed by atoms with Crippen molar-refractivity contribution < 1.29 is 4.74 Å². The topological polar surface area (TPSA) is 22.1 Å². The first-order valence-corrected chi connectivity index (χ1v) is 9.85. The molecule has 0 aliphatic heterocycles. The monoisotopic (exact) mass is 367 g/mol. The van der Waals surface area contributed by atoms with E-state index in [4.69, 9.17) is 9.72 Å². The molecule has 0 amide bonds. The minimum Gasteiger partial charge on any atom is -0.369 e. The zero-order valence-corrected chi connectivity index (χ0v) is 16.2. The predicted molar refractivity (Wildman–Crippen MR) is 115 cm³/mol. The lowest BCUT2D eigenvalue weighted by Gasteiger charge is -2.20. The van der Waals surface area contributed by atoms with Gasteiger partial charge in [-0.15, -0.1) is 0 Å². The van der Waals surface area contributed by atoms with Crippen LogP contribution in [0.1, 0.15) is 34.9 Å². The van der Waals surface area contributed by atoms with Crippen molar-refractivity contribution in [2.45, 2.75) is 32.5 Å². The van der Waals surface area contributed by atoms with Crippen LogP contribution in [-0.2, 0) is 17.8 Å². The molecular weight excluding hydrogens is 342 g/mol. The first-order valence-electron chi connectivity index (χ1n) is 9.85. The van der Waals surface area contributed by atoms with Crippen LogP contribution in [0, 0.1) is 6.92 Å². The molecule has 0 bridgehead atoms. The molecule has 0 spiro atoms. The van der Waals surface area contributed by atoms with Gasteiger partial charge in [-0.25, -0.2) is 0 Å². The van der Waals surface area contributed by atoms with E-state index in [0.717, 1.165) is 29.4 Å². The Hall–Kier alpha value is -2.97. The van der Waals surface area contributed by atoms with E-state index < -0.39 is 0 Å². The van der Waals surface area contributed by atoms with Gasteiger partial charge in [0.25, 0.3) is 0 Å². The zero-order chi connectivity index (χ0) is 19.2. The number of nitrogens with zero attached hydrogens (tertiary/aromatic N) is 1. The van der Waals surface area contributed by atoms with E-state index in [1.165, 1.54) is 16.7 Å². The molecule has 1 unspecified atom stereocenters. The van der Waals surface area contributed by atoms with Crippen LogP contribution in [0.25, 0.3) is 10.9 Å². The number of pyridine rings is 1. The van der Waals surface area contributed by atoms with E-state index in [1.807, 2.05) is 13.0 Å². The summed E-state index contributed by atoms with van der Waals surface area (Å²) in [6.07, 6.45) is 1.90. The van der Waals surface area contributed by atoms with Crippen LogP contribution in [0.15, 0.2) is 91.0 Å². The summed E-state index contributed by atoms with van der Waals surface area (Å²) < 4.78 is 6.44. The molecule has 0 radical (unpaired) electrons. The number of para-hydroxylation sites is 1. The molecule has 2 heteroatoms. The van der Waals surface area contributed by atoms with Gasteiger partial charge in [0.1, 0.15) is 0 Å². The fourth-order valence-corrected chi connectivity index (χ4v) is 3.57. The average molecular weight is 367 g/mol. The van der Waals surface area contributed by atoms with E-state index in [2.05, 4.69) is 84.9 Å². The molecule has 0 saturated carbocycles. The molecule has 1 aromatic heterocycles. The van der Waals surface area contributed by atoms with E-state index in [-0.39, 0.29) is 6.10 Å². The van der Waals surface area contributed by atoms with Gasteiger partial charge in [0.15, 0.2) is 0 Å². The fourth-order valence-electron chi connectivity index (χ4n) is 3.57. The van der Waals surface area contributed by atoms with Crippen molar-refractivity contribution in [1.29, 1.82) is 0 Å². The Morgan fingerprint density at radius 2 is 1.46 bits per heavy atom. The first-order chi connectivity index (χ1) is 13.8. The third-order valence-electron chi connectivity index (χ3n) is 5.07. The van der Waals surface area contributed by atoms with Crippen LogP contribution in [0.2, 0.25) is 0 Å². The molecule has 0 aliphatic rings. The van der Waals surface area contributed by atoms with Crippen LogP contribution < -0.4 is 0 Å². The molecule has 1 heterocycles. The summed E-state index contributed by atoms with van der Waals surface area (Å²) in [5.74, 6) is 0. The average Bonchev–Trinajstić information content (AvgIpc) is 2.75. The highest BCUT2D eigenvalue weighted by Crippen LogP contribution is 2.30. The van der Waals surface area contributed by atoms with Crippen molar-refractivity contribution in [3.8, 4) is 0 Å². The number of benzene rings is 3. The van der Waals surface area contributed by atoms with Crippen LogP contribution in [0.5, 0.6) is 0 Å². The van der Waals surface area contributed by atoms with Gasteiger partial charge in [0.2, 0.25) is 0 Å². The molecule has 0 N–H and O–H groups in total. The maximum absolute atomic E-state index is 6.44. The van der Waals surface area contributed by atoms with E-state index in [9.17, 15) is 0 Å². The summed E-state index contributed by atoms with van der Waals surface area (Å²) >= 11 is 0. The molecule has 4 rings (SSSR count). The third-order valence-corrected chi connectivity index (χ3v) is 5.07. The highest BCUT2D eigenvalue weighted by Gasteiger charge is 2.17. The Kier molecular flexibility index (Phi) is 5.79. The van der Waals surface area contributed by atoms with Gasteiger partial charge in [0, 0.05) is 16.6 Å². The number of hydrogen-bond acceptors (Lipinski definition) is 2. The Bertz CT molecular complexity index is 984. The van der Waals surface area contributed by atoms with Gasteiger partial charge >= 0.3 is 0 Å². The van der Waals surface area contributed by atoms with Crippen molar-refractivity contribution in [2.75, 3.05) is 0 Å². The summed E-state index contributed by atoms with van der Waals surface area (Å²) in [5.41, 5.74) is 5.78. The van der Waals surface area contributed by atoms with Crippen molar-refractivity contribution in [1.82, 2.24) is 4.98 Å². The molecule has 0 fully saturated rings. The minimum absolute atomic E-state index is 0.00147. The Balaban J connectivity index is 1.63. The van der Waals surface area contributed by atoms with Gasteiger partial charge in [-0.3, -0.25) is 4.98 Å². The van der Waals surface area contributed by atoms with E-state index in [0.29, 0.717) is 6.61 Å². The molecule has 4 aromatic rings. The summed E-state index contributed by atoms with van der Waals surface area (Å²) in [4.78, 5) is 4.83. The molecule has 0 aliphatic carbocycles.